The fourth-order valence-corrected chi connectivity index (χ4v) is 2.68. The van der Waals surface area contributed by atoms with Crippen LogP contribution < -0.4 is 4.74 Å². The van der Waals surface area contributed by atoms with Gasteiger partial charge in [0.15, 0.2) is 4.77 Å². The highest BCUT2D eigenvalue weighted by Crippen LogP contribution is 2.24. The van der Waals surface area contributed by atoms with Crippen LogP contribution in [-0.2, 0) is 0 Å². The summed E-state index contributed by atoms with van der Waals surface area (Å²) < 4.78 is 8.08. The molecule has 0 aliphatic rings. The monoisotopic (exact) mass is 304 g/mol. The largest absolute Gasteiger partial charge is 0.494 e. The van der Waals surface area contributed by atoms with Crippen molar-refractivity contribution >= 4 is 34.9 Å². The number of hydrogen-bond acceptors (Lipinski definition) is 2. The van der Waals surface area contributed by atoms with Crippen molar-refractivity contribution < 1.29 is 4.74 Å². The zero-order chi connectivity index (χ0) is 14.1. The molecule has 0 saturated carbocycles. The molecule has 20 heavy (non-hydrogen) atoms. The van der Waals surface area contributed by atoms with Crippen molar-refractivity contribution in [3.05, 3.63) is 52.3 Å². The van der Waals surface area contributed by atoms with Crippen LogP contribution in [0.2, 0.25) is 5.02 Å². The first-order valence-corrected chi connectivity index (χ1v) is 7.11. The van der Waals surface area contributed by atoms with Gasteiger partial charge < -0.3 is 9.72 Å². The lowest BCUT2D eigenvalue weighted by molar-refractivity contribution is 0.340. The van der Waals surface area contributed by atoms with Crippen LogP contribution in [0.25, 0.3) is 16.7 Å². The summed E-state index contributed by atoms with van der Waals surface area (Å²) in [6, 6.07) is 13.5. The first kappa shape index (κ1) is 13.2. The van der Waals surface area contributed by atoms with Crippen molar-refractivity contribution in [3.8, 4) is 11.4 Å². The smallest absolute Gasteiger partial charge is 0.182 e. The summed E-state index contributed by atoms with van der Waals surface area (Å²) in [5.41, 5.74) is 2.92. The van der Waals surface area contributed by atoms with E-state index in [1.165, 1.54) is 0 Å². The van der Waals surface area contributed by atoms with Crippen LogP contribution in [0.3, 0.4) is 0 Å². The Hall–Kier alpha value is -1.78. The van der Waals surface area contributed by atoms with E-state index in [9.17, 15) is 0 Å². The predicted octanol–water partition coefficient (Wildman–Crippen LogP) is 4.74. The first-order valence-electron chi connectivity index (χ1n) is 6.32. The molecule has 3 rings (SSSR count). The summed E-state index contributed by atoms with van der Waals surface area (Å²) >= 11 is 11.4. The lowest BCUT2D eigenvalue weighted by Crippen LogP contribution is -1.95. The molecule has 0 bridgehead atoms. The molecule has 0 saturated heterocycles. The highest BCUT2D eigenvalue weighted by molar-refractivity contribution is 7.71. The number of fused-ring (bicyclic) bond motifs is 1. The summed E-state index contributed by atoms with van der Waals surface area (Å²) in [6.45, 7) is 2.62. The Morgan fingerprint density at radius 2 is 1.95 bits per heavy atom. The summed E-state index contributed by atoms with van der Waals surface area (Å²) in [5.74, 6) is 0.852. The Kier molecular flexibility index (Phi) is 3.51. The van der Waals surface area contributed by atoms with Crippen LogP contribution in [-0.4, -0.2) is 16.2 Å². The topological polar surface area (TPSA) is 29.9 Å². The van der Waals surface area contributed by atoms with Crippen molar-refractivity contribution in [2.75, 3.05) is 6.61 Å². The van der Waals surface area contributed by atoms with E-state index in [4.69, 9.17) is 28.6 Å². The van der Waals surface area contributed by atoms with Gasteiger partial charge in [-0.25, -0.2) is 0 Å². The van der Waals surface area contributed by atoms with E-state index in [0.717, 1.165) is 22.5 Å². The van der Waals surface area contributed by atoms with E-state index in [2.05, 4.69) is 4.98 Å². The molecular weight excluding hydrogens is 292 g/mol. The molecule has 5 heteroatoms. The molecule has 0 fully saturated rings. The van der Waals surface area contributed by atoms with Crippen molar-refractivity contribution in [1.82, 2.24) is 9.55 Å². The van der Waals surface area contributed by atoms with Gasteiger partial charge in [-0.05, 0) is 61.6 Å². The van der Waals surface area contributed by atoms with Gasteiger partial charge in [-0.2, -0.15) is 0 Å². The normalized spacial score (nSPS) is 10.9. The second-order valence-corrected chi connectivity index (χ2v) is 5.18. The average Bonchev–Trinajstić information content (AvgIpc) is 2.75. The Balaban J connectivity index is 2.14. The highest BCUT2D eigenvalue weighted by atomic mass is 35.5. The van der Waals surface area contributed by atoms with E-state index in [-0.39, 0.29) is 0 Å². The second-order valence-electron chi connectivity index (χ2n) is 4.35. The molecule has 0 aliphatic heterocycles. The molecule has 102 valence electrons. The molecule has 0 spiro atoms. The molecule has 0 atom stereocenters. The summed E-state index contributed by atoms with van der Waals surface area (Å²) in [7, 11) is 0. The van der Waals surface area contributed by atoms with Crippen LogP contribution >= 0.6 is 23.8 Å². The third kappa shape index (κ3) is 2.32. The highest BCUT2D eigenvalue weighted by Gasteiger charge is 2.07. The predicted molar refractivity (Wildman–Crippen MR) is 84.6 cm³/mol. The fourth-order valence-electron chi connectivity index (χ4n) is 2.20. The minimum atomic E-state index is 0.645. The number of rotatable bonds is 3. The molecule has 3 nitrogen and oxygen atoms in total. The fraction of sp³-hybridized carbons (Fsp3) is 0.133. The zero-order valence-electron chi connectivity index (χ0n) is 10.9. The molecule has 3 aromatic rings. The van der Waals surface area contributed by atoms with Gasteiger partial charge in [0.25, 0.3) is 0 Å². The standard InChI is InChI=1S/C15H13ClN2OS/c1-2-19-12-6-4-11(5-7-12)18-14-8-3-10(16)9-13(14)17-15(18)20/h3-9H,2H2,1H3,(H,17,20). The van der Waals surface area contributed by atoms with Gasteiger partial charge in [-0.15, -0.1) is 0 Å². The number of nitrogens with zero attached hydrogens (tertiary/aromatic N) is 1. The van der Waals surface area contributed by atoms with Gasteiger partial charge in [0.1, 0.15) is 5.75 Å². The van der Waals surface area contributed by atoms with Gasteiger partial charge >= 0.3 is 0 Å². The Bertz CT molecular complexity index is 805. The molecular formula is C15H13ClN2OS. The Morgan fingerprint density at radius 1 is 1.20 bits per heavy atom. The number of nitrogens with one attached hydrogen (secondary N) is 1. The molecule has 1 heterocycles. The van der Waals surface area contributed by atoms with Gasteiger partial charge in [0.2, 0.25) is 0 Å². The van der Waals surface area contributed by atoms with Gasteiger partial charge in [-0.3, -0.25) is 4.57 Å². The molecule has 0 radical (unpaired) electrons. The number of H-pyrrole nitrogens is 1. The summed E-state index contributed by atoms with van der Waals surface area (Å²) in [5, 5.41) is 0.688. The van der Waals surface area contributed by atoms with E-state index in [0.29, 0.717) is 16.4 Å². The second kappa shape index (κ2) is 5.31. The molecule has 0 aliphatic carbocycles. The number of halogens is 1. The lowest BCUT2D eigenvalue weighted by Gasteiger charge is -2.07. The van der Waals surface area contributed by atoms with E-state index in [1.54, 1.807) is 0 Å². The van der Waals surface area contributed by atoms with E-state index < -0.39 is 0 Å². The van der Waals surface area contributed by atoms with Crippen LogP contribution in [0.5, 0.6) is 5.75 Å². The number of ether oxygens (including phenoxy) is 1. The van der Waals surface area contributed by atoms with Crippen LogP contribution in [0.4, 0.5) is 0 Å². The average molecular weight is 305 g/mol. The lowest BCUT2D eigenvalue weighted by atomic mass is 10.2. The van der Waals surface area contributed by atoms with Crippen LogP contribution in [0.15, 0.2) is 42.5 Å². The Morgan fingerprint density at radius 3 is 2.65 bits per heavy atom. The number of aromatic amines is 1. The van der Waals surface area contributed by atoms with Crippen molar-refractivity contribution in [2.24, 2.45) is 0 Å². The third-order valence-corrected chi connectivity index (χ3v) is 3.57. The Labute approximate surface area is 126 Å². The van der Waals surface area contributed by atoms with Gasteiger partial charge in [-0.1, -0.05) is 11.6 Å². The minimum Gasteiger partial charge on any atom is -0.494 e. The molecule has 1 N–H and O–H groups in total. The third-order valence-electron chi connectivity index (χ3n) is 3.05. The molecule has 0 amide bonds. The van der Waals surface area contributed by atoms with Crippen molar-refractivity contribution in [1.29, 1.82) is 0 Å². The van der Waals surface area contributed by atoms with Gasteiger partial charge in [0, 0.05) is 10.7 Å². The maximum Gasteiger partial charge on any atom is 0.182 e. The van der Waals surface area contributed by atoms with Crippen LogP contribution in [0.1, 0.15) is 6.92 Å². The molecule has 1 aromatic heterocycles. The van der Waals surface area contributed by atoms with E-state index >= 15 is 0 Å². The summed E-state index contributed by atoms with van der Waals surface area (Å²) in [6.07, 6.45) is 0. The molecule has 2 aromatic carbocycles. The first-order chi connectivity index (χ1) is 9.69. The van der Waals surface area contributed by atoms with Crippen molar-refractivity contribution in [3.63, 3.8) is 0 Å². The quantitative estimate of drug-likeness (QED) is 0.708. The maximum absolute atomic E-state index is 6.00. The number of imidazole rings is 1. The number of aromatic nitrogens is 2. The van der Waals surface area contributed by atoms with E-state index in [1.807, 2.05) is 54.0 Å². The van der Waals surface area contributed by atoms with Gasteiger partial charge in [0.05, 0.1) is 17.6 Å². The zero-order valence-corrected chi connectivity index (χ0v) is 12.5. The maximum atomic E-state index is 6.00. The summed E-state index contributed by atoms with van der Waals surface area (Å²) in [4.78, 5) is 3.17. The molecule has 0 unspecified atom stereocenters. The van der Waals surface area contributed by atoms with Crippen LogP contribution in [0, 0.1) is 4.77 Å². The minimum absolute atomic E-state index is 0.645. The van der Waals surface area contributed by atoms with Crippen molar-refractivity contribution in [2.45, 2.75) is 6.92 Å². The number of benzene rings is 2. The SMILES string of the molecule is CCOc1ccc(-n2c(=S)[nH]c3cc(Cl)ccc32)cc1. The number of hydrogen-bond donors (Lipinski definition) is 1.